The zero-order valence-electron chi connectivity index (χ0n) is 17.7. The lowest BCUT2D eigenvalue weighted by atomic mass is 10.1. The minimum Gasteiger partial charge on any atom is -0.326 e. The Morgan fingerprint density at radius 1 is 1.16 bits per heavy atom. The van der Waals surface area contributed by atoms with Crippen LogP contribution in [-0.2, 0) is 11.0 Å². The Morgan fingerprint density at radius 3 is 2.47 bits per heavy atom. The van der Waals surface area contributed by atoms with E-state index in [-0.39, 0.29) is 23.2 Å². The van der Waals surface area contributed by atoms with Crippen molar-refractivity contribution in [2.24, 2.45) is 0 Å². The summed E-state index contributed by atoms with van der Waals surface area (Å²) in [6.45, 7) is 5.07. The molecule has 2 amide bonds. The van der Waals surface area contributed by atoms with E-state index >= 15 is 0 Å². The van der Waals surface area contributed by atoms with Crippen LogP contribution in [0.2, 0.25) is 0 Å². The summed E-state index contributed by atoms with van der Waals surface area (Å²) in [5.74, 6) is -0.937. The maximum Gasteiger partial charge on any atom is 0.418 e. The SMILES string of the molecule is CC(=O)Nc1ccc(NC(=O)c2cc(C3CC3)nc3c2cnn3C(C)C)c(C(F)(F)F)c1. The van der Waals surface area contributed by atoms with Crippen LogP contribution in [0, 0.1) is 0 Å². The molecule has 10 heteroatoms. The first-order valence-corrected chi connectivity index (χ1v) is 10.2. The topological polar surface area (TPSA) is 88.9 Å². The molecule has 0 aliphatic heterocycles. The van der Waals surface area contributed by atoms with Crippen LogP contribution in [0.5, 0.6) is 0 Å². The smallest absolute Gasteiger partial charge is 0.326 e. The first-order valence-electron chi connectivity index (χ1n) is 10.2. The number of carbonyl (C=O) groups excluding carboxylic acids is 2. The number of hydrogen-bond acceptors (Lipinski definition) is 4. The molecule has 1 aromatic carbocycles. The standard InChI is InChI=1S/C22H22F3N5O2/c1-11(2)30-20-16(10-26-30)15(9-19(28-20)13-4-5-13)21(32)29-18-7-6-14(27-12(3)31)8-17(18)22(23,24)25/h6-11,13H,4-5H2,1-3H3,(H,27,31)(H,29,32). The van der Waals surface area contributed by atoms with Crippen LogP contribution in [0.15, 0.2) is 30.5 Å². The lowest BCUT2D eigenvalue weighted by Crippen LogP contribution is -2.18. The molecule has 2 aromatic heterocycles. The Morgan fingerprint density at radius 2 is 1.88 bits per heavy atom. The van der Waals surface area contributed by atoms with Gasteiger partial charge in [0.25, 0.3) is 5.91 Å². The van der Waals surface area contributed by atoms with Crippen LogP contribution in [0.25, 0.3) is 11.0 Å². The van der Waals surface area contributed by atoms with Crippen molar-refractivity contribution in [2.45, 2.75) is 51.7 Å². The summed E-state index contributed by atoms with van der Waals surface area (Å²) < 4.78 is 42.7. The molecule has 32 heavy (non-hydrogen) atoms. The van der Waals surface area contributed by atoms with Gasteiger partial charge in [0, 0.05) is 30.3 Å². The van der Waals surface area contributed by atoms with E-state index in [1.165, 1.54) is 19.2 Å². The first kappa shape index (κ1) is 21.8. The highest BCUT2D eigenvalue weighted by molar-refractivity contribution is 6.12. The van der Waals surface area contributed by atoms with Crippen LogP contribution in [0.4, 0.5) is 24.5 Å². The Kier molecular flexibility index (Phi) is 5.39. The van der Waals surface area contributed by atoms with Crippen molar-refractivity contribution < 1.29 is 22.8 Å². The van der Waals surface area contributed by atoms with E-state index in [1.807, 2.05) is 13.8 Å². The fourth-order valence-electron chi connectivity index (χ4n) is 3.55. The second-order valence-corrected chi connectivity index (χ2v) is 8.18. The van der Waals surface area contributed by atoms with E-state index in [2.05, 4.69) is 20.7 Å². The summed E-state index contributed by atoms with van der Waals surface area (Å²) in [4.78, 5) is 29.0. The maximum atomic E-state index is 13.7. The summed E-state index contributed by atoms with van der Waals surface area (Å²) in [5, 5.41) is 9.51. The van der Waals surface area contributed by atoms with Gasteiger partial charge in [-0.25, -0.2) is 9.67 Å². The minimum atomic E-state index is -4.73. The number of aromatic nitrogens is 3. The third kappa shape index (κ3) is 4.30. The van der Waals surface area contributed by atoms with Crippen molar-refractivity contribution in [3.8, 4) is 0 Å². The number of nitrogens with zero attached hydrogens (tertiary/aromatic N) is 3. The zero-order chi connectivity index (χ0) is 23.2. The molecular weight excluding hydrogens is 423 g/mol. The molecule has 0 spiro atoms. The molecule has 0 unspecified atom stereocenters. The van der Waals surface area contributed by atoms with Crippen molar-refractivity contribution in [1.82, 2.24) is 14.8 Å². The normalized spacial score (nSPS) is 14.1. The van der Waals surface area contributed by atoms with Gasteiger partial charge in [0.05, 0.1) is 28.4 Å². The van der Waals surface area contributed by atoms with Gasteiger partial charge in [0.2, 0.25) is 5.91 Å². The van der Waals surface area contributed by atoms with E-state index in [4.69, 9.17) is 0 Å². The van der Waals surface area contributed by atoms with Crippen LogP contribution < -0.4 is 10.6 Å². The highest BCUT2D eigenvalue weighted by atomic mass is 19.4. The number of anilines is 2. The summed E-state index contributed by atoms with van der Waals surface area (Å²) in [5.41, 5.74) is 0.0356. The number of rotatable bonds is 5. The fourth-order valence-corrected chi connectivity index (χ4v) is 3.55. The van der Waals surface area contributed by atoms with Gasteiger partial charge in [-0.15, -0.1) is 0 Å². The Bertz CT molecular complexity index is 1210. The second kappa shape index (κ2) is 7.92. The van der Waals surface area contributed by atoms with Crippen LogP contribution in [0.1, 0.15) is 67.2 Å². The van der Waals surface area contributed by atoms with Crippen molar-refractivity contribution in [3.63, 3.8) is 0 Å². The Hall–Kier alpha value is -3.43. The molecule has 0 bridgehead atoms. The van der Waals surface area contributed by atoms with Gasteiger partial charge in [-0.2, -0.15) is 18.3 Å². The Balaban J connectivity index is 1.75. The largest absolute Gasteiger partial charge is 0.418 e. The molecule has 168 valence electrons. The van der Waals surface area contributed by atoms with Gasteiger partial charge in [-0.3, -0.25) is 9.59 Å². The molecule has 7 nitrogen and oxygen atoms in total. The minimum absolute atomic E-state index is 0.00326. The molecule has 2 N–H and O–H groups in total. The molecule has 1 fully saturated rings. The summed E-state index contributed by atoms with van der Waals surface area (Å²) in [6.07, 6.45) is -1.30. The number of amides is 2. The van der Waals surface area contributed by atoms with Crippen LogP contribution >= 0.6 is 0 Å². The quantitative estimate of drug-likeness (QED) is 0.571. The highest BCUT2D eigenvalue weighted by Crippen LogP contribution is 2.41. The number of fused-ring (bicyclic) bond motifs is 1. The third-order valence-electron chi connectivity index (χ3n) is 5.21. The number of hydrogen-bond donors (Lipinski definition) is 2. The summed E-state index contributed by atoms with van der Waals surface area (Å²) in [7, 11) is 0. The number of pyridine rings is 1. The van der Waals surface area contributed by atoms with E-state index in [9.17, 15) is 22.8 Å². The number of carbonyl (C=O) groups is 2. The number of nitrogens with one attached hydrogen (secondary N) is 2. The monoisotopic (exact) mass is 445 g/mol. The molecule has 0 radical (unpaired) electrons. The molecular formula is C22H22F3N5O2. The summed E-state index contributed by atoms with van der Waals surface area (Å²) in [6, 6.07) is 4.88. The molecule has 1 saturated carbocycles. The van der Waals surface area contributed by atoms with Crippen molar-refractivity contribution in [2.75, 3.05) is 10.6 Å². The summed E-state index contributed by atoms with van der Waals surface area (Å²) >= 11 is 0. The average Bonchev–Trinajstić information content (AvgIpc) is 3.45. The van der Waals surface area contributed by atoms with Gasteiger partial charge in [0.15, 0.2) is 5.65 Å². The lowest BCUT2D eigenvalue weighted by Gasteiger charge is -2.16. The van der Waals surface area contributed by atoms with Gasteiger partial charge >= 0.3 is 6.18 Å². The molecule has 1 aliphatic rings. The molecule has 2 heterocycles. The van der Waals surface area contributed by atoms with Crippen molar-refractivity contribution in [3.05, 3.63) is 47.3 Å². The highest BCUT2D eigenvalue weighted by Gasteiger charge is 2.35. The predicted molar refractivity (Wildman–Crippen MR) is 114 cm³/mol. The zero-order valence-corrected chi connectivity index (χ0v) is 17.7. The third-order valence-corrected chi connectivity index (χ3v) is 5.21. The van der Waals surface area contributed by atoms with Crippen LogP contribution in [0.3, 0.4) is 0 Å². The van der Waals surface area contributed by atoms with Gasteiger partial charge < -0.3 is 10.6 Å². The predicted octanol–water partition coefficient (Wildman–Crippen LogP) is 5.12. The van der Waals surface area contributed by atoms with E-state index in [0.29, 0.717) is 11.0 Å². The first-order chi connectivity index (χ1) is 15.0. The second-order valence-electron chi connectivity index (χ2n) is 8.18. The number of benzene rings is 1. The van der Waals surface area contributed by atoms with E-state index in [0.717, 1.165) is 30.7 Å². The molecule has 4 rings (SSSR count). The van der Waals surface area contributed by atoms with Crippen molar-refractivity contribution in [1.29, 1.82) is 0 Å². The fraction of sp³-hybridized carbons (Fsp3) is 0.364. The van der Waals surface area contributed by atoms with E-state index in [1.54, 1.807) is 10.7 Å². The lowest BCUT2D eigenvalue weighted by molar-refractivity contribution is -0.137. The van der Waals surface area contributed by atoms with Gasteiger partial charge in [0.1, 0.15) is 0 Å². The van der Waals surface area contributed by atoms with Crippen LogP contribution in [-0.4, -0.2) is 26.6 Å². The Labute approximate surface area is 182 Å². The molecule has 3 aromatic rings. The van der Waals surface area contributed by atoms with E-state index < -0.39 is 29.2 Å². The molecule has 0 atom stereocenters. The van der Waals surface area contributed by atoms with Crippen molar-refractivity contribution >= 4 is 34.2 Å². The number of halogens is 3. The maximum absolute atomic E-state index is 13.7. The van der Waals surface area contributed by atoms with Gasteiger partial charge in [-0.1, -0.05) is 0 Å². The number of alkyl halides is 3. The molecule has 0 saturated heterocycles. The molecule has 1 aliphatic carbocycles. The van der Waals surface area contributed by atoms with Gasteiger partial charge in [-0.05, 0) is 51.0 Å². The average molecular weight is 445 g/mol.